The molecule has 146 valence electrons. The van der Waals surface area contributed by atoms with Gasteiger partial charge in [0, 0.05) is 11.4 Å². The summed E-state index contributed by atoms with van der Waals surface area (Å²) in [6.07, 6.45) is 2.55. The lowest BCUT2D eigenvalue weighted by molar-refractivity contribution is -0.120. The fourth-order valence-electron chi connectivity index (χ4n) is 2.07. The number of hydrogen-bond acceptors (Lipinski definition) is 6. The highest BCUT2D eigenvalue weighted by Crippen LogP contribution is 2.08. The lowest BCUT2D eigenvalue weighted by Gasteiger charge is -2.05. The summed E-state index contributed by atoms with van der Waals surface area (Å²) < 4.78 is 0. The molecule has 28 heavy (non-hydrogen) atoms. The number of aryl methyl sites for hydroxylation is 2. The van der Waals surface area contributed by atoms with Gasteiger partial charge in [0.25, 0.3) is 11.8 Å². The summed E-state index contributed by atoms with van der Waals surface area (Å²) in [6, 6.07) is 15.4. The molecule has 2 rings (SSSR count). The number of benzene rings is 2. The molecule has 8 nitrogen and oxygen atoms in total. The Morgan fingerprint density at radius 1 is 0.714 bits per heavy atom. The minimum atomic E-state index is -0.295. The molecule has 0 saturated carbocycles. The smallest absolute Gasteiger partial charge is 0.259 e. The lowest BCUT2D eigenvalue weighted by Crippen LogP contribution is -2.26. The molecule has 0 aromatic heterocycles. The summed E-state index contributed by atoms with van der Waals surface area (Å²) in [4.78, 5) is 23.3. The van der Waals surface area contributed by atoms with E-state index in [9.17, 15) is 9.59 Å². The molecule has 0 spiro atoms. The van der Waals surface area contributed by atoms with Crippen LogP contribution < -0.4 is 21.5 Å². The van der Waals surface area contributed by atoms with Gasteiger partial charge in [0.05, 0.1) is 25.5 Å². The molecule has 0 radical (unpaired) electrons. The maximum absolute atomic E-state index is 11.7. The molecule has 0 unspecified atom stereocenters. The van der Waals surface area contributed by atoms with Crippen LogP contribution in [0.25, 0.3) is 0 Å². The number of nitrogens with zero attached hydrogens (tertiary/aromatic N) is 2. The van der Waals surface area contributed by atoms with Crippen LogP contribution in [0.2, 0.25) is 0 Å². The molecule has 4 N–H and O–H groups in total. The quantitative estimate of drug-likeness (QED) is 0.394. The molecule has 0 aliphatic rings. The predicted molar refractivity (Wildman–Crippen MR) is 113 cm³/mol. The number of carbonyl (C=O) groups is 2. The van der Waals surface area contributed by atoms with Gasteiger partial charge in [-0.05, 0) is 38.1 Å². The predicted octanol–water partition coefficient (Wildman–Crippen LogP) is 2.03. The maximum atomic E-state index is 11.7. The van der Waals surface area contributed by atoms with E-state index in [4.69, 9.17) is 0 Å². The Morgan fingerprint density at radius 2 is 1.07 bits per heavy atom. The van der Waals surface area contributed by atoms with Gasteiger partial charge in [0.1, 0.15) is 0 Å². The maximum Gasteiger partial charge on any atom is 0.259 e. The van der Waals surface area contributed by atoms with E-state index in [0.717, 1.165) is 22.5 Å². The highest BCUT2D eigenvalue weighted by Gasteiger charge is 2.00. The fourth-order valence-corrected chi connectivity index (χ4v) is 2.07. The topological polar surface area (TPSA) is 107 Å². The first-order valence-corrected chi connectivity index (χ1v) is 8.76. The summed E-state index contributed by atoms with van der Waals surface area (Å²) >= 11 is 0. The van der Waals surface area contributed by atoms with Gasteiger partial charge in [-0.2, -0.15) is 10.2 Å². The summed E-state index contributed by atoms with van der Waals surface area (Å²) in [5.74, 6) is -0.590. The Balaban J connectivity index is 1.59. The molecule has 2 amide bonds. The van der Waals surface area contributed by atoms with E-state index in [1.54, 1.807) is 0 Å². The van der Waals surface area contributed by atoms with Gasteiger partial charge in [-0.1, -0.05) is 35.4 Å². The van der Waals surface area contributed by atoms with Crippen LogP contribution >= 0.6 is 0 Å². The third-order valence-corrected chi connectivity index (χ3v) is 3.60. The first-order valence-electron chi connectivity index (χ1n) is 8.76. The minimum absolute atomic E-state index is 0.0962. The van der Waals surface area contributed by atoms with E-state index in [-0.39, 0.29) is 24.9 Å². The van der Waals surface area contributed by atoms with Gasteiger partial charge in [0.2, 0.25) is 0 Å². The van der Waals surface area contributed by atoms with Gasteiger partial charge in [-0.3, -0.25) is 9.59 Å². The van der Waals surface area contributed by atoms with Crippen molar-refractivity contribution in [2.45, 2.75) is 13.8 Å². The first-order chi connectivity index (χ1) is 13.5. The van der Waals surface area contributed by atoms with E-state index >= 15 is 0 Å². The minimum Gasteiger partial charge on any atom is -0.376 e. The molecule has 0 atom stereocenters. The van der Waals surface area contributed by atoms with Gasteiger partial charge < -0.3 is 10.6 Å². The van der Waals surface area contributed by atoms with Crippen molar-refractivity contribution in [3.05, 3.63) is 59.7 Å². The van der Waals surface area contributed by atoms with E-state index in [2.05, 4.69) is 31.7 Å². The van der Waals surface area contributed by atoms with Crippen molar-refractivity contribution in [2.75, 3.05) is 23.7 Å². The van der Waals surface area contributed by atoms with Crippen molar-refractivity contribution in [3.63, 3.8) is 0 Å². The lowest BCUT2D eigenvalue weighted by atomic mass is 10.2. The zero-order valence-electron chi connectivity index (χ0n) is 15.9. The van der Waals surface area contributed by atoms with Crippen LogP contribution in [0.4, 0.5) is 11.4 Å². The molecule has 0 aliphatic heterocycles. The Bertz CT molecular complexity index is 757. The number of nitrogens with one attached hydrogen (secondary N) is 4. The zero-order valence-corrected chi connectivity index (χ0v) is 15.9. The average molecular weight is 380 g/mol. The van der Waals surface area contributed by atoms with E-state index in [0.29, 0.717) is 0 Å². The molecule has 8 heteroatoms. The SMILES string of the molecule is Cc1ccc(NCC(=O)NN=CC=NNC(=O)CNc2ccc(C)cc2)cc1. The normalized spacial score (nSPS) is 10.8. The zero-order chi connectivity index (χ0) is 20.2. The van der Waals surface area contributed by atoms with Gasteiger partial charge in [-0.25, -0.2) is 10.9 Å². The Morgan fingerprint density at radius 3 is 1.43 bits per heavy atom. The van der Waals surface area contributed by atoms with E-state index < -0.39 is 0 Å². The van der Waals surface area contributed by atoms with Crippen LogP contribution in [0.5, 0.6) is 0 Å². The van der Waals surface area contributed by atoms with Crippen LogP contribution in [-0.4, -0.2) is 37.3 Å². The molecule has 0 heterocycles. The molecular weight excluding hydrogens is 356 g/mol. The van der Waals surface area contributed by atoms with Crippen molar-refractivity contribution in [1.82, 2.24) is 10.9 Å². The largest absolute Gasteiger partial charge is 0.376 e. The van der Waals surface area contributed by atoms with Crippen LogP contribution in [-0.2, 0) is 9.59 Å². The van der Waals surface area contributed by atoms with Gasteiger partial charge in [-0.15, -0.1) is 0 Å². The molecule has 2 aromatic rings. The number of hydrogen-bond donors (Lipinski definition) is 4. The van der Waals surface area contributed by atoms with Crippen molar-refractivity contribution in [1.29, 1.82) is 0 Å². The Labute approximate surface area is 164 Å². The second kappa shape index (κ2) is 11.1. The molecule has 0 fully saturated rings. The van der Waals surface area contributed by atoms with Crippen LogP contribution in [0, 0.1) is 13.8 Å². The van der Waals surface area contributed by atoms with Gasteiger partial charge >= 0.3 is 0 Å². The highest BCUT2D eigenvalue weighted by molar-refractivity contribution is 6.16. The number of carbonyl (C=O) groups excluding carboxylic acids is 2. The molecule has 2 aromatic carbocycles. The highest BCUT2D eigenvalue weighted by atomic mass is 16.2. The number of rotatable bonds is 9. The Hall–Kier alpha value is -3.68. The molecule has 0 saturated heterocycles. The third-order valence-electron chi connectivity index (χ3n) is 3.60. The molecular formula is C20H24N6O2. The summed E-state index contributed by atoms with van der Waals surface area (Å²) in [5, 5.41) is 13.4. The molecule has 0 aliphatic carbocycles. The summed E-state index contributed by atoms with van der Waals surface area (Å²) in [6.45, 7) is 4.18. The second-order valence-electron chi connectivity index (χ2n) is 6.07. The van der Waals surface area contributed by atoms with Crippen LogP contribution in [0.15, 0.2) is 58.7 Å². The van der Waals surface area contributed by atoms with Crippen molar-refractivity contribution in [3.8, 4) is 0 Å². The average Bonchev–Trinajstić information content (AvgIpc) is 2.69. The fraction of sp³-hybridized carbons (Fsp3) is 0.200. The van der Waals surface area contributed by atoms with Crippen molar-refractivity contribution < 1.29 is 9.59 Å². The summed E-state index contributed by atoms with van der Waals surface area (Å²) in [5.41, 5.74) is 8.72. The van der Waals surface area contributed by atoms with Crippen LogP contribution in [0.3, 0.4) is 0 Å². The summed E-state index contributed by atoms with van der Waals surface area (Å²) in [7, 11) is 0. The van der Waals surface area contributed by atoms with E-state index in [1.165, 1.54) is 12.4 Å². The monoisotopic (exact) mass is 380 g/mol. The number of anilines is 2. The molecule has 0 bridgehead atoms. The number of hydrazone groups is 2. The van der Waals surface area contributed by atoms with Gasteiger partial charge in [0.15, 0.2) is 0 Å². The standard InChI is InChI=1S/C20H24N6O2/c1-15-3-7-17(8-4-15)21-13-19(27)25-23-11-12-24-26-20(28)14-22-18-9-5-16(2)6-10-18/h3-12,21-22H,13-14H2,1-2H3,(H,25,27)(H,26,28). The van der Waals surface area contributed by atoms with E-state index in [1.807, 2.05) is 62.4 Å². The third kappa shape index (κ3) is 8.13. The van der Waals surface area contributed by atoms with Crippen molar-refractivity contribution >= 4 is 35.6 Å². The second-order valence-corrected chi connectivity index (χ2v) is 6.07. The van der Waals surface area contributed by atoms with Crippen molar-refractivity contribution in [2.24, 2.45) is 10.2 Å². The first kappa shape index (κ1) is 20.6. The Kier molecular flexibility index (Phi) is 8.19. The number of amides is 2. The van der Waals surface area contributed by atoms with Crippen LogP contribution in [0.1, 0.15) is 11.1 Å².